The number of ether oxygens (including phenoxy) is 2. The molecular weight excluding hydrogens is 861 g/mol. The number of methoxy groups -OCH3 is 2. The average Bonchev–Trinajstić information content (AvgIpc) is 3.81. The molecule has 0 aliphatic carbocycles. The van der Waals surface area contributed by atoms with Crippen LogP contribution in [0.3, 0.4) is 0 Å². The Hall–Kier alpha value is -9.24. The fourth-order valence-corrected chi connectivity index (χ4v) is 6.37. The predicted molar refractivity (Wildman–Crippen MR) is 239 cm³/mol. The zero-order valence-corrected chi connectivity index (χ0v) is 35.1. The SMILES string of the molecule is COc1c(NC(=O)c2ccc(NC(=O)c3ccc(NC(=O)C(CC4=CNNN4)NC(=O)c4ccc(NC(=O)/C(C)=C/c5ccc(O)cc5)cc4)c(O)c3)c(OC)c2O)ccc(C(=O)O)c1O. The van der Waals surface area contributed by atoms with Crippen LogP contribution in [0.25, 0.3) is 6.08 Å². The predicted octanol–water partition coefficient (Wildman–Crippen LogP) is 4.35. The van der Waals surface area contributed by atoms with Gasteiger partial charge in [0.2, 0.25) is 5.91 Å². The highest BCUT2D eigenvalue weighted by atomic mass is 16.5. The molecule has 1 atom stereocenters. The number of aromatic hydroxyl groups is 4. The summed E-state index contributed by atoms with van der Waals surface area (Å²) in [5, 5.41) is 63.9. The van der Waals surface area contributed by atoms with E-state index < -0.39 is 58.5 Å². The number of hydrogen-bond donors (Lipinski definition) is 13. The van der Waals surface area contributed by atoms with Crippen molar-refractivity contribution in [2.45, 2.75) is 19.4 Å². The molecular formula is C45H42N8O13. The van der Waals surface area contributed by atoms with Gasteiger partial charge in [-0.25, -0.2) is 4.79 Å². The van der Waals surface area contributed by atoms with Crippen LogP contribution in [0.4, 0.5) is 22.7 Å². The number of anilines is 4. The van der Waals surface area contributed by atoms with Crippen molar-refractivity contribution in [3.05, 3.63) is 136 Å². The van der Waals surface area contributed by atoms with E-state index in [9.17, 15) is 54.3 Å². The van der Waals surface area contributed by atoms with Crippen LogP contribution in [-0.2, 0) is 9.59 Å². The largest absolute Gasteiger partial charge is 0.508 e. The topological polar surface area (TPSA) is 318 Å². The summed E-state index contributed by atoms with van der Waals surface area (Å²) in [7, 11) is 2.32. The molecule has 1 aliphatic rings. The summed E-state index contributed by atoms with van der Waals surface area (Å²) in [6.45, 7) is 1.63. The molecule has 66 heavy (non-hydrogen) atoms. The van der Waals surface area contributed by atoms with Gasteiger partial charge >= 0.3 is 5.97 Å². The molecule has 21 nitrogen and oxygen atoms in total. The molecule has 13 N–H and O–H groups in total. The van der Waals surface area contributed by atoms with Gasteiger partial charge < -0.3 is 72.4 Å². The second-order valence-corrected chi connectivity index (χ2v) is 14.3. The second kappa shape index (κ2) is 20.3. The fourth-order valence-electron chi connectivity index (χ4n) is 6.37. The minimum absolute atomic E-state index is 0.0353. The summed E-state index contributed by atoms with van der Waals surface area (Å²) in [5.41, 5.74) is 9.14. The lowest BCUT2D eigenvalue weighted by Gasteiger charge is -2.20. The summed E-state index contributed by atoms with van der Waals surface area (Å²) >= 11 is 0. The average molecular weight is 903 g/mol. The number of carboxylic acids is 1. The van der Waals surface area contributed by atoms with E-state index in [1.165, 1.54) is 74.0 Å². The Balaban J connectivity index is 1.10. The Kier molecular flexibility index (Phi) is 14.2. The van der Waals surface area contributed by atoms with Crippen LogP contribution in [-0.4, -0.2) is 81.3 Å². The van der Waals surface area contributed by atoms with Crippen molar-refractivity contribution >= 4 is 64.3 Å². The number of phenolic OH excluding ortho intramolecular Hbond substituents is 3. The van der Waals surface area contributed by atoms with Gasteiger partial charge in [-0.15, -0.1) is 0 Å². The maximum atomic E-state index is 13.6. The maximum absolute atomic E-state index is 13.6. The monoisotopic (exact) mass is 902 g/mol. The van der Waals surface area contributed by atoms with Crippen molar-refractivity contribution in [2.75, 3.05) is 35.5 Å². The number of carboxylic acid groups (broad SMARTS) is 1. The van der Waals surface area contributed by atoms with Gasteiger partial charge in [0.25, 0.3) is 23.6 Å². The van der Waals surface area contributed by atoms with E-state index in [2.05, 4.69) is 43.0 Å². The molecule has 340 valence electrons. The Morgan fingerprint density at radius 1 is 0.667 bits per heavy atom. The van der Waals surface area contributed by atoms with Crippen molar-refractivity contribution in [1.29, 1.82) is 0 Å². The standard InChI is InChI=1S/C45H42N8O13/c1-22(18-23-4-11-28(54)12-5-23)40(58)47-26-9-6-24(7-10-26)41(59)51-34(20-27-21-46-53-52-27)44(62)48-31-15-8-25(19-35(31)55)42(60)49-32-16-13-29(36(56)38(32)65-2)43(61)50-33-17-14-30(45(63)64)37(57)39(33)66-3/h4-19,21,34,46,52-57H,20H2,1-3H3,(H,47,58)(H,48,62)(H,49,60)(H,50,61)(H,51,59)(H,63,64)/b22-18+. The van der Waals surface area contributed by atoms with Crippen LogP contribution >= 0.6 is 0 Å². The van der Waals surface area contributed by atoms with Crippen molar-refractivity contribution in [3.63, 3.8) is 0 Å². The quantitative estimate of drug-likeness (QED) is 0.0483. The highest BCUT2D eigenvalue weighted by molar-refractivity contribution is 6.11. The highest BCUT2D eigenvalue weighted by Gasteiger charge is 2.27. The number of amides is 5. The first-order valence-electron chi connectivity index (χ1n) is 19.5. The van der Waals surface area contributed by atoms with Gasteiger partial charge in [0.05, 0.1) is 36.8 Å². The molecule has 1 unspecified atom stereocenters. The summed E-state index contributed by atoms with van der Waals surface area (Å²) < 4.78 is 10.3. The molecule has 21 heteroatoms. The van der Waals surface area contributed by atoms with Gasteiger partial charge in [-0.3, -0.25) is 24.0 Å². The van der Waals surface area contributed by atoms with Gasteiger partial charge in [0.15, 0.2) is 23.0 Å². The lowest BCUT2D eigenvalue weighted by molar-refractivity contribution is -0.118. The molecule has 0 radical (unpaired) electrons. The third-order valence-corrected chi connectivity index (χ3v) is 9.79. The van der Waals surface area contributed by atoms with E-state index in [1.807, 2.05) is 0 Å². The maximum Gasteiger partial charge on any atom is 0.339 e. The van der Waals surface area contributed by atoms with E-state index in [4.69, 9.17) is 9.47 Å². The summed E-state index contributed by atoms with van der Waals surface area (Å²) in [4.78, 5) is 77.8. The van der Waals surface area contributed by atoms with Gasteiger partial charge in [0, 0.05) is 40.7 Å². The van der Waals surface area contributed by atoms with Gasteiger partial charge in [-0.1, -0.05) is 12.1 Å². The second-order valence-electron chi connectivity index (χ2n) is 14.3. The van der Waals surface area contributed by atoms with E-state index in [0.717, 1.165) is 25.3 Å². The molecule has 0 saturated heterocycles. The first-order valence-corrected chi connectivity index (χ1v) is 19.5. The van der Waals surface area contributed by atoms with Crippen LogP contribution in [0.2, 0.25) is 0 Å². The number of carbonyl (C=O) groups is 6. The highest BCUT2D eigenvalue weighted by Crippen LogP contribution is 2.41. The van der Waals surface area contributed by atoms with Crippen molar-refractivity contribution in [1.82, 2.24) is 21.7 Å². The Morgan fingerprint density at radius 2 is 1.26 bits per heavy atom. The third kappa shape index (κ3) is 10.9. The lowest BCUT2D eigenvalue weighted by atomic mass is 10.1. The molecule has 0 fully saturated rings. The number of nitrogens with one attached hydrogen (secondary N) is 8. The lowest BCUT2D eigenvalue weighted by Crippen LogP contribution is -2.45. The molecule has 0 aromatic heterocycles. The van der Waals surface area contributed by atoms with E-state index in [-0.39, 0.29) is 63.3 Å². The minimum atomic E-state index is -1.44. The van der Waals surface area contributed by atoms with Gasteiger partial charge in [-0.2, -0.15) is 5.53 Å². The summed E-state index contributed by atoms with van der Waals surface area (Å²) in [6, 6.07) is 19.3. The van der Waals surface area contributed by atoms with Crippen LogP contribution in [0, 0.1) is 0 Å². The smallest absolute Gasteiger partial charge is 0.339 e. The van der Waals surface area contributed by atoms with Crippen LogP contribution in [0.1, 0.15) is 60.3 Å². The van der Waals surface area contributed by atoms with Gasteiger partial charge in [0.1, 0.15) is 23.1 Å². The van der Waals surface area contributed by atoms with E-state index in [1.54, 1.807) is 25.1 Å². The molecule has 5 aromatic rings. The number of hydrogen-bond acceptors (Lipinski definition) is 15. The van der Waals surface area contributed by atoms with Crippen molar-refractivity contribution in [2.24, 2.45) is 0 Å². The number of carbonyl (C=O) groups excluding carboxylic acids is 5. The molecule has 0 bridgehead atoms. The Labute approximate surface area is 374 Å². The number of benzene rings is 5. The number of rotatable bonds is 16. The molecule has 5 amide bonds. The third-order valence-electron chi connectivity index (χ3n) is 9.79. The van der Waals surface area contributed by atoms with Crippen molar-refractivity contribution in [3.8, 4) is 34.5 Å². The van der Waals surface area contributed by atoms with Crippen LogP contribution in [0.5, 0.6) is 34.5 Å². The Morgan fingerprint density at radius 3 is 1.85 bits per heavy atom. The first-order chi connectivity index (χ1) is 31.6. The molecule has 0 saturated carbocycles. The van der Waals surface area contributed by atoms with Crippen molar-refractivity contribution < 1.29 is 63.8 Å². The zero-order chi connectivity index (χ0) is 47.7. The number of phenols is 4. The summed E-state index contributed by atoms with van der Waals surface area (Å²) in [5.74, 6) is -7.41. The molecule has 0 spiro atoms. The zero-order valence-electron chi connectivity index (χ0n) is 35.1. The number of aromatic carboxylic acids is 1. The van der Waals surface area contributed by atoms with E-state index in [0.29, 0.717) is 22.5 Å². The first kappa shape index (κ1) is 46.3. The van der Waals surface area contributed by atoms with Gasteiger partial charge in [-0.05, 0) is 97.4 Å². The molecule has 6 rings (SSSR count). The van der Waals surface area contributed by atoms with Crippen LogP contribution < -0.4 is 52.4 Å². The molecule has 1 heterocycles. The minimum Gasteiger partial charge on any atom is -0.508 e. The Bertz CT molecular complexity index is 2790. The number of hydrazine groups is 2. The molecule has 5 aromatic carbocycles. The molecule has 1 aliphatic heterocycles. The normalized spacial score (nSPS) is 12.3. The summed E-state index contributed by atoms with van der Waals surface area (Å²) in [6.07, 6.45) is 3.15. The van der Waals surface area contributed by atoms with E-state index >= 15 is 0 Å². The van der Waals surface area contributed by atoms with Crippen LogP contribution in [0.15, 0.2) is 108 Å². The fraction of sp³-hybridized carbons (Fsp3) is 0.111.